The van der Waals surface area contributed by atoms with Gasteiger partial charge < -0.3 is 20.1 Å². The lowest BCUT2D eigenvalue weighted by Gasteiger charge is -2.12. The second-order valence-electron chi connectivity index (χ2n) is 4.39. The predicted molar refractivity (Wildman–Crippen MR) is 81.4 cm³/mol. The molecule has 0 aliphatic heterocycles. The van der Waals surface area contributed by atoms with Crippen LogP contribution in [0.3, 0.4) is 0 Å². The highest BCUT2D eigenvalue weighted by Gasteiger charge is 2.07. The lowest BCUT2D eigenvalue weighted by atomic mass is 10.2. The van der Waals surface area contributed by atoms with Gasteiger partial charge in [-0.3, -0.25) is 0 Å². The molecule has 0 radical (unpaired) electrons. The fourth-order valence-electron chi connectivity index (χ4n) is 1.90. The van der Waals surface area contributed by atoms with Gasteiger partial charge in [0.2, 0.25) is 0 Å². The van der Waals surface area contributed by atoms with Crippen molar-refractivity contribution >= 4 is 11.6 Å². The van der Waals surface area contributed by atoms with Gasteiger partial charge in [0.1, 0.15) is 18.0 Å². The van der Waals surface area contributed by atoms with Crippen molar-refractivity contribution in [2.45, 2.75) is 26.2 Å². The molecule has 0 aliphatic carbocycles. The Morgan fingerprint density at radius 3 is 2.60 bits per heavy atom. The van der Waals surface area contributed by atoms with Gasteiger partial charge in [-0.05, 0) is 19.3 Å². The molecule has 6 heteroatoms. The summed E-state index contributed by atoms with van der Waals surface area (Å²) in [6.45, 7) is 5.10. The third kappa shape index (κ3) is 5.71. The second kappa shape index (κ2) is 10.4. The fraction of sp³-hybridized carbons (Fsp3) is 0.714. The molecule has 0 spiro atoms. The largest absolute Gasteiger partial charge is 0.382 e. The zero-order chi connectivity index (χ0) is 14.6. The van der Waals surface area contributed by atoms with Crippen LogP contribution in [0, 0.1) is 0 Å². The molecule has 0 aromatic carbocycles. The summed E-state index contributed by atoms with van der Waals surface area (Å²) in [6.07, 6.45) is 4.57. The normalized spacial score (nSPS) is 10.6. The van der Waals surface area contributed by atoms with Gasteiger partial charge in [-0.15, -0.1) is 0 Å². The van der Waals surface area contributed by atoms with Crippen LogP contribution in [0.2, 0.25) is 0 Å². The number of methoxy groups -OCH3 is 1. The van der Waals surface area contributed by atoms with Crippen LogP contribution >= 0.6 is 0 Å². The van der Waals surface area contributed by atoms with Crippen molar-refractivity contribution in [2.24, 2.45) is 0 Å². The number of ether oxygens (including phenoxy) is 2. The van der Waals surface area contributed by atoms with E-state index >= 15 is 0 Å². The molecular formula is C14H26N4O2. The Kier molecular flexibility index (Phi) is 8.66. The minimum Gasteiger partial charge on any atom is -0.382 e. The highest BCUT2D eigenvalue weighted by atomic mass is 16.5. The molecule has 0 fully saturated rings. The molecule has 0 unspecified atom stereocenters. The number of aromatic nitrogens is 2. The number of nitrogens with zero attached hydrogens (tertiary/aromatic N) is 2. The summed E-state index contributed by atoms with van der Waals surface area (Å²) >= 11 is 0. The maximum Gasteiger partial charge on any atom is 0.134 e. The van der Waals surface area contributed by atoms with Gasteiger partial charge in [-0.1, -0.05) is 6.92 Å². The number of rotatable bonds is 11. The molecule has 0 bridgehead atoms. The molecular weight excluding hydrogens is 256 g/mol. The number of unbranched alkanes of at least 4 members (excludes halogenated alkanes) is 1. The van der Waals surface area contributed by atoms with Crippen LogP contribution in [-0.4, -0.2) is 50.5 Å². The first-order chi connectivity index (χ1) is 9.83. The lowest BCUT2D eigenvalue weighted by Crippen LogP contribution is -2.10. The molecule has 2 N–H and O–H groups in total. The predicted octanol–water partition coefficient (Wildman–Crippen LogP) is 1.94. The first-order valence-electron chi connectivity index (χ1n) is 7.15. The van der Waals surface area contributed by atoms with Crippen molar-refractivity contribution < 1.29 is 9.47 Å². The van der Waals surface area contributed by atoms with Crippen LogP contribution in [-0.2, 0) is 15.9 Å². The summed E-state index contributed by atoms with van der Waals surface area (Å²) in [5, 5.41) is 6.46. The smallest absolute Gasteiger partial charge is 0.134 e. The minimum atomic E-state index is 0.659. The van der Waals surface area contributed by atoms with E-state index in [1.807, 2.05) is 7.05 Å². The van der Waals surface area contributed by atoms with Gasteiger partial charge in [-0.25, -0.2) is 9.97 Å². The highest BCUT2D eigenvalue weighted by Crippen LogP contribution is 2.19. The zero-order valence-corrected chi connectivity index (χ0v) is 12.7. The summed E-state index contributed by atoms with van der Waals surface area (Å²) in [5.74, 6) is 1.82. The summed E-state index contributed by atoms with van der Waals surface area (Å²) in [6, 6.07) is 0. The Morgan fingerprint density at radius 2 is 1.90 bits per heavy atom. The SMILES string of the molecule is CCc1c(NC)ncnc1NCCCCOCCOC. The average Bonchev–Trinajstić information content (AvgIpc) is 2.49. The van der Waals surface area contributed by atoms with Crippen molar-refractivity contribution in [1.29, 1.82) is 0 Å². The topological polar surface area (TPSA) is 68.3 Å². The van der Waals surface area contributed by atoms with E-state index in [0.29, 0.717) is 13.2 Å². The van der Waals surface area contributed by atoms with E-state index < -0.39 is 0 Å². The first-order valence-corrected chi connectivity index (χ1v) is 7.15. The van der Waals surface area contributed by atoms with Crippen molar-refractivity contribution in [1.82, 2.24) is 9.97 Å². The highest BCUT2D eigenvalue weighted by molar-refractivity contribution is 5.56. The van der Waals surface area contributed by atoms with Crippen molar-refractivity contribution in [2.75, 3.05) is 51.2 Å². The summed E-state index contributed by atoms with van der Waals surface area (Å²) in [7, 11) is 3.56. The van der Waals surface area contributed by atoms with Crippen molar-refractivity contribution in [3.05, 3.63) is 11.9 Å². The van der Waals surface area contributed by atoms with Crippen molar-refractivity contribution in [3.63, 3.8) is 0 Å². The van der Waals surface area contributed by atoms with E-state index in [-0.39, 0.29) is 0 Å². The van der Waals surface area contributed by atoms with E-state index in [0.717, 1.165) is 49.6 Å². The van der Waals surface area contributed by atoms with Crippen LogP contribution in [0.5, 0.6) is 0 Å². The number of hydrogen-bond donors (Lipinski definition) is 2. The minimum absolute atomic E-state index is 0.659. The molecule has 0 atom stereocenters. The van der Waals surface area contributed by atoms with Gasteiger partial charge in [0.15, 0.2) is 0 Å². The third-order valence-corrected chi connectivity index (χ3v) is 2.98. The molecule has 1 rings (SSSR count). The van der Waals surface area contributed by atoms with Crippen LogP contribution in [0.15, 0.2) is 6.33 Å². The Morgan fingerprint density at radius 1 is 1.10 bits per heavy atom. The fourth-order valence-corrected chi connectivity index (χ4v) is 1.90. The van der Waals surface area contributed by atoms with Crippen LogP contribution < -0.4 is 10.6 Å². The maximum atomic E-state index is 5.42. The summed E-state index contributed by atoms with van der Waals surface area (Å²) in [4.78, 5) is 8.53. The zero-order valence-electron chi connectivity index (χ0n) is 12.7. The first kappa shape index (κ1) is 16.7. The number of nitrogens with one attached hydrogen (secondary N) is 2. The third-order valence-electron chi connectivity index (χ3n) is 2.98. The molecule has 0 saturated heterocycles. The van der Waals surface area contributed by atoms with Crippen LogP contribution in [0.4, 0.5) is 11.6 Å². The summed E-state index contributed by atoms with van der Waals surface area (Å²) in [5.41, 5.74) is 1.13. The Labute approximate surface area is 121 Å². The molecule has 114 valence electrons. The van der Waals surface area contributed by atoms with Crippen LogP contribution in [0.25, 0.3) is 0 Å². The van der Waals surface area contributed by atoms with E-state index in [9.17, 15) is 0 Å². The van der Waals surface area contributed by atoms with Gasteiger partial charge in [0.05, 0.1) is 13.2 Å². The van der Waals surface area contributed by atoms with Crippen LogP contribution in [0.1, 0.15) is 25.3 Å². The van der Waals surface area contributed by atoms with Gasteiger partial charge in [0.25, 0.3) is 0 Å². The quantitative estimate of drug-likeness (QED) is 0.605. The number of anilines is 2. The van der Waals surface area contributed by atoms with E-state index in [4.69, 9.17) is 9.47 Å². The Hall–Kier alpha value is -1.40. The number of hydrogen-bond acceptors (Lipinski definition) is 6. The van der Waals surface area contributed by atoms with Gasteiger partial charge >= 0.3 is 0 Å². The molecule has 20 heavy (non-hydrogen) atoms. The average molecular weight is 282 g/mol. The molecule has 0 amide bonds. The lowest BCUT2D eigenvalue weighted by molar-refractivity contribution is 0.0691. The summed E-state index contributed by atoms with van der Waals surface area (Å²) < 4.78 is 10.3. The maximum absolute atomic E-state index is 5.42. The molecule has 1 aromatic rings. The second-order valence-corrected chi connectivity index (χ2v) is 4.39. The standard InChI is InChI=1S/C14H26N4O2/c1-4-12-13(15-2)17-11-18-14(12)16-7-5-6-8-20-10-9-19-3/h11H,4-10H2,1-3H3,(H2,15,16,17,18). The molecule has 0 aliphatic rings. The van der Waals surface area contributed by atoms with Crippen molar-refractivity contribution in [3.8, 4) is 0 Å². The van der Waals surface area contributed by atoms with E-state index in [2.05, 4.69) is 27.5 Å². The Balaban J connectivity index is 2.25. The van der Waals surface area contributed by atoms with E-state index in [1.54, 1.807) is 13.4 Å². The van der Waals surface area contributed by atoms with Gasteiger partial charge in [-0.2, -0.15) is 0 Å². The Bertz CT molecular complexity index is 374. The van der Waals surface area contributed by atoms with Gasteiger partial charge in [0, 0.05) is 32.9 Å². The molecule has 0 saturated carbocycles. The van der Waals surface area contributed by atoms with E-state index in [1.165, 1.54) is 0 Å². The molecule has 6 nitrogen and oxygen atoms in total. The molecule has 1 aromatic heterocycles. The molecule has 1 heterocycles. The monoisotopic (exact) mass is 282 g/mol.